The highest BCUT2D eigenvalue weighted by atomic mass is 16.3. The number of carbonyl (C=O) groups excluding carboxylic acids is 1. The predicted molar refractivity (Wildman–Crippen MR) is 77.9 cm³/mol. The topological polar surface area (TPSA) is 52.6 Å². The highest BCUT2D eigenvalue weighted by molar-refractivity contribution is 5.78. The predicted octanol–water partition coefficient (Wildman–Crippen LogP) is 1.63. The first-order valence-corrected chi connectivity index (χ1v) is 7.47. The average Bonchev–Trinajstić information content (AvgIpc) is 2.23. The quantitative estimate of drug-likeness (QED) is 0.739. The standard InChI is InChI=1S/C15H30N2O2/c1-11(2)6-7-13(5)16-14(18)8-17-9-15(19,10-17)12(3)4/h11-13,19H,6-10H2,1-5H3,(H,16,18). The molecule has 0 bridgehead atoms. The van der Waals surface area contributed by atoms with E-state index in [4.69, 9.17) is 0 Å². The lowest BCUT2D eigenvalue weighted by molar-refractivity contribution is -0.142. The highest BCUT2D eigenvalue weighted by Crippen LogP contribution is 2.27. The third-order valence-electron chi connectivity index (χ3n) is 4.02. The SMILES string of the molecule is CC(C)CCC(C)NC(=O)CN1CC(O)(C(C)C)C1. The molecule has 112 valence electrons. The van der Waals surface area contributed by atoms with Gasteiger partial charge < -0.3 is 10.4 Å². The van der Waals surface area contributed by atoms with E-state index in [2.05, 4.69) is 26.1 Å². The molecular weight excluding hydrogens is 240 g/mol. The third-order valence-corrected chi connectivity index (χ3v) is 4.02. The molecule has 2 N–H and O–H groups in total. The fourth-order valence-electron chi connectivity index (χ4n) is 2.38. The lowest BCUT2D eigenvalue weighted by Gasteiger charge is -2.48. The van der Waals surface area contributed by atoms with Gasteiger partial charge in [-0.05, 0) is 31.6 Å². The maximum absolute atomic E-state index is 11.8. The van der Waals surface area contributed by atoms with Gasteiger partial charge in [0.1, 0.15) is 0 Å². The highest BCUT2D eigenvalue weighted by Gasteiger charge is 2.43. The molecule has 1 saturated heterocycles. The van der Waals surface area contributed by atoms with Crippen molar-refractivity contribution in [3.63, 3.8) is 0 Å². The van der Waals surface area contributed by atoms with Crippen LogP contribution in [-0.2, 0) is 4.79 Å². The Hall–Kier alpha value is -0.610. The van der Waals surface area contributed by atoms with E-state index in [9.17, 15) is 9.90 Å². The van der Waals surface area contributed by atoms with Crippen molar-refractivity contribution in [2.24, 2.45) is 11.8 Å². The lowest BCUT2D eigenvalue weighted by atomic mass is 9.83. The minimum Gasteiger partial charge on any atom is -0.387 e. The van der Waals surface area contributed by atoms with Crippen molar-refractivity contribution >= 4 is 5.91 Å². The van der Waals surface area contributed by atoms with E-state index >= 15 is 0 Å². The largest absolute Gasteiger partial charge is 0.387 e. The number of hydrogen-bond donors (Lipinski definition) is 2. The molecule has 0 radical (unpaired) electrons. The third kappa shape index (κ3) is 5.11. The lowest BCUT2D eigenvalue weighted by Crippen LogP contribution is -2.65. The molecule has 1 rings (SSSR count). The molecule has 0 aromatic carbocycles. The molecule has 4 nitrogen and oxygen atoms in total. The zero-order valence-electron chi connectivity index (χ0n) is 13.1. The second kappa shape index (κ2) is 6.71. The van der Waals surface area contributed by atoms with Crippen molar-refractivity contribution in [3.8, 4) is 0 Å². The minimum absolute atomic E-state index is 0.0714. The average molecular weight is 270 g/mol. The van der Waals surface area contributed by atoms with Crippen molar-refractivity contribution in [2.45, 2.75) is 59.1 Å². The summed E-state index contributed by atoms with van der Waals surface area (Å²) in [7, 11) is 0. The Bertz CT molecular complexity index is 297. The maximum Gasteiger partial charge on any atom is 0.234 e. The number of aliphatic hydroxyl groups is 1. The van der Waals surface area contributed by atoms with Crippen molar-refractivity contribution in [1.29, 1.82) is 0 Å². The van der Waals surface area contributed by atoms with Gasteiger partial charge in [-0.25, -0.2) is 0 Å². The second-order valence-electron chi connectivity index (χ2n) is 6.84. The molecule has 0 saturated carbocycles. The van der Waals surface area contributed by atoms with Crippen LogP contribution in [0.15, 0.2) is 0 Å². The Kier molecular flexibility index (Phi) is 5.81. The number of nitrogens with one attached hydrogen (secondary N) is 1. The number of rotatable bonds is 7. The van der Waals surface area contributed by atoms with Gasteiger partial charge in [-0.1, -0.05) is 27.7 Å². The van der Waals surface area contributed by atoms with Gasteiger partial charge >= 0.3 is 0 Å². The van der Waals surface area contributed by atoms with Gasteiger partial charge in [0.05, 0.1) is 12.1 Å². The molecule has 1 unspecified atom stereocenters. The normalized spacial score (nSPS) is 20.4. The van der Waals surface area contributed by atoms with Gasteiger partial charge in [0, 0.05) is 19.1 Å². The molecule has 1 fully saturated rings. The van der Waals surface area contributed by atoms with Crippen LogP contribution in [0, 0.1) is 11.8 Å². The molecule has 0 aromatic rings. The molecule has 1 amide bonds. The van der Waals surface area contributed by atoms with Crippen molar-refractivity contribution in [1.82, 2.24) is 10.2 Å². The Morgan fingerprint density at radius 1 is 1.21 bits per heavy atom. The zero-order valence-corrected chi connectivity index (χ0v) is 13.1. The number of β-amino-alcohol motifs (C(OH)–C–C–N with tert-alkyl or cyclic N) is 1. The zero-order chi connectivity index (χ0) is 14.6. The van der Waals surface area contributed by atoms with E-state index in [1.165, 1.54) is 0 Å². The van der Waals surface area contributed by atoms with Crippen LogP contribution < -0.4 is 5.32 Å². The van der Waals surface area contributed by atoms with Crippen LogP contribution in [0.1, 0.15) is 47.5 Å². The van der Waals surface area contributed by atoms with E-state index in [1.54, 1.807) is 0 Å². The summed E-state index contributed by atoms with van der Waals surface area (Å²) >= 11 is 0. The van der Waals surface area contributed by atoms with Crippen LogP contribution in [0.2, 0.25) is 0 Å². The summed E-state index contributed by atoms with van der Waals surface area (Å²) in [5.41, 5.74) is -0.594. The number of amides is 1. The fraction of sp³-hybridized carbons (Fsp3) is 0.933. The molecule has 1 aliphatic heterocycles. The molecule has 0 aromatic heterocycles. The van der Waals surface area contributed by atoms with Crippen LogP contribution in [0.3, 0.4) is 0 Å². The Morgan fingerprint density at radius 2 is 1.79 bits per heavy atom. The summed E-state index contributed by atoms with van der Waals surface area (Å²) in [5.74, 6) is 0.995. The van der Waals surface area contributed by atoms with Crippen molar-refractivity contribution in [3.05, 3.63) is 0 Å². The van der Waals surface area contributed by atoms with Gasteiger partial charge in [-0.15, -0.1) is 0 Å². The minimum atomic E-state index is -0.594. The molecular formula is C15H30N2O2. The van der Waals surface area contributed by atoms with Crippen LogP contribution in [-0.4, -0.2) is 47.2 Å². The van der Waals surface area contributed by atoms with E-state index in [0.717, 1.165) is 12.8 Å². The van der Waals surface area contributed by atoms with Gasteiger partial charge in [0.15, 0.2) is 0 Å². The molecule has 1 aliphatic rings. The Morgan fingerprint density at radius 3 is 2.26 bits per heavy atom. The number of carbonyl (C=O) groups is 1. The summed E-state index contributed by atoms with van der Waals surface area (Å²) in [5, 5.41) is 13.2. The first-order valence-electron chi connectivity index (χ1n) is 7.47. The Labute approximate surface area is 117 Å². The molecule has 0 spiro atoms. The monoisotopic (exact) mass is 270 g/mol. The van der Waals surface area contributed by atoms with Crippen LogP contribution in [0.5, 0.6) is 0 Å². The smallest absolute Gasteiger partial charge is 0.234 e. The van der Waals surface area contributed by atoms with Crippen molar-refractivity contribution < 1.29 is 9.90 Å². The van der Waals surface area contributed by atoms with Gasteiger partial charge in [-0.2, -0.15) is 0 Å². The summed E-state index contributed by atoms with van der Waals surface area (Å²) in [6.45, 7) is 12.1. The van der Waals surface area contributed by atoms with Gasteiger partial charge in [0.2, 0.25) is 5.91 Å². The summed E-state index contributed by atoms with van der Waals surface area (Å²) in [4.78, 5) is 13.9. The first-order chi connectivity index (χ1) is 8.73. The summed E-state index contributed by atoms with van der Waals surface area (Å²) < 4.78 is 0. The molecule has 1 atom stereocenters. The molecule has 0 aliphatic carbocycles. The van der Waals surface area contributed by atoms with E-state index in [-0.39, 0.29) is 17.9 Å². The molecule has 1 heterocycles. The molecule has 4 heteroatoms. The number of hydrogen-bond acceptors (Lipinski definition) is 3. The number of nitrogens with zero attached hydrogens (tertiary/aromatic N) is 1. The second-order valence-corrected chi connectivity index (χ2v) is 6.84. The number of likely N-dealkylation sites (tertiary alicyclic amines) is 1. The van der Waals surface area contributed by atoms with E-state index in [1.807, 2.05) is 18.7 Å². The summed E-state index contributed by atoms with van der Waals surface area (Å²) in [6.07, 6.45) is 2.16. The van der Waals surface area contributed by atoms with Crippen molar-refractivity contribution in [2.75, 3.05) is 19.6 Å². The first kappa shape index (κ1) is 16.4. The van der Waals surface area contributed by atoms with Crippen LogP contribution in [0.25, 0.3) is 0 Å². The van der Waals surface area contributed by atoms with Crippen LogP contribution >= 0.6 is 0 Å². The van der Waals surface area contributed by atoms with Crippen LogP contribution in [0.4, 0.5) is 0 Å². The Balaban J connectivity index is 2.19. The van der Waals surface area contributed by atoms with E-state index in [0.29, 0.717) is 25.6 Å². The fourth-order valence-corrected chi connectivity index (χ4v) is 2.38. The van der Waals surface area contributed by atoms with Gasteiger partial charge in [0.25, 0.3) is 0 Å². The summed E-state index contributed by atoms with van der Waals surface area (Å²) in [6, 6.07) is 0.236. The maximum atomic E-state index is 11.8. The van der Waals surface area contributed by atoms with Gasteiger partial charge in [-0.3, -0.25) is 9.69 Å². The van der Waals surface area contributed by atoms with E-state index < -0.39 is 5.60 Å². The molecule has 19 heavy (non-hydrogen) atoms.